The van der Waals surface area contributed by atoms with Crippen molar-refractivity contribution in [2.45, 2.75) is 6.10 Å². The lowest BCUT2D eigenvalue weighted by Gasteiger charge is -2.34. The van der Waals surface area contributed by atoms with Gasteiger partial charge >= 0.3 is 0 Å². The lowest BCUT2D eigenvalue weighted by molar-refractivity contribution is -0.127. The van der Waals surface area contributed by atoms with Crippen LogP contribution < -0.4 is 15.0 Å². The van der Waals surface area contributed by atoms with Crippen LogP contribution >= 0.6 is 11.6 Å². The van der Waals surface area contributed by atoms with Crippen LogP contribution in [0.2, 0.25) is 5.02 Å². The number of benzene rings is 3. The third kappa shape index (κ3) is 3.90. The highest BCUT2D eigenvalue weighted by Crippen LogP contribution is 2.35. The SMILES string of the molecule is CNC(=O)C1CN(C(=O)c2cc(-c3ccc(Cl)cc3)nc3ccccc23)c2ccccc2O1. The summed E-state index contributed by atoms with van der Waals surface area (Å²) < 4.78 is 5.86. The van der Waals surface area contributed by atoms with Gasteiger partial charge in [-0.25, -0.2) is 4.98 Å². The first-order chi connectivity index (χ1) is 16.0. The Kier molecular flexibility index (Phi) is 5.44. The number of hydrogen-bond acceptors (Lipinski definition) is 4. The number of carbonyl (C=O) groups excluding carboxylic acids is 2. The van der Waals surface area contributed by atoms with Crippen molar-refractivity contribution in [1.29, 1.82) is 0 Å². The molecule has 1 atom stereocenters. The van der Waals surface area contributed by atoms with Crippen molar-refractivity contribution in [2.24, 2.45) is 0 Å². The predicted molar refractivity (Wildman–Crippen MR) is 129 cm³/mol. The number of nitrogens with one attached hydrogen (secondary N) is 1. The molecule has 0 spiro atoms. The molecule has 5 rings (SSSR count). The maximum absolute atomic E-state index is 14.0. The lowest BCUT2D eigenvalue weighted by atomic mass is 10.0. The van der Waals surface area contributed by atoms with Gasteiger partial charge in [0.25, 0.3) is 11.8 Å². The summed E-state index contributed by atoms with van der Waals surface area (Å²) in [6, 6.07) is 23.9. The summed E-state index contributed by atoms with van der Waals surface area (Å²) in [5.74, 6) is -0.0285. The number of nitrogens with zero attached hydrogens (tertiary/aromatic N) is 2. The quantitative estimate of drug-likeness (QED) is 0.483. The Morgan fingerprint density at radius 1 is 1.03 bits per heavy atom. The smallest absolute Gasteiger partial charge is 0.262 e. The number of para-hydroxylation sites is 3. The summed E-state index contributed by atoms with van der Waals surface area (Å²) in [6.07, 6.45) is -0.808. The highest BCUT2D eigenvalue weighted by Gasteiger charge is 2.34. The van der Waals surface area contributed by atoms with Gasteiger partial charge in [-0.2, -0.15) is 0 Å². The second-order valence-corrected chi connectivity index (χ2v) is 8.12. The van der Waals surface area contributed by atoms with Crippen molar-refractivity contribution in [1.82, 2.24) is 10.3 Å². The van der Waals surface area contributed by atoms with Crippen LogP contribution in [0.1, 0.15) is 10.4 Å². The van der Waals surface area contributed by atoms with Gasteiger partial charge < -0.3 is 15.0 Å². The Bertz CT molecular complexity index is 1370. The molecular formula is C26H20ClN3O3. The number of ether oxygens (including phenoxy) is 1. The van der Waals surface area contributed by atoms with Crippen molar-refractivity contribution in [3.8, 4) is 17.0 Å². The molecule has 1 aromatic heterocycles. The van der Waals surface area contributed by atoms with Gasteiger partial charge in [0, 0.05) is 23.0 Å². The molecule has 33 heavy (non-hydrogen) atoms. The van der Waals surface area contributed by atoms with Crippen LogP contribution in [-0.2, 0) is 4.79 Å². The van der Waals surface area contributed by atoms with Crippen LogP contribution in [0.25, 0.3) is 22.2 Å². The van der Waals surface area contributed by atoms with Gasteiger partial charge in [-0.3, -0.25) is 9.59 Å². The Balaban J connectivity index is 1.64. The van der Waals surface area contributed by atoms with Crippen molar-refractivity contribution in [3.63, 3.8) is 0 Å². The average Bonchev–Trinajstić information content (AvgIpc) is 2.87. The van der Waals surface area contributed by atoms with E-state index in [1.807, 2.05) is 54.6 Å². The van der Waals surface area contributed by atoms with Gasteiger partial charge in [-0.1, -0.05) is 54.1 Å². The molecule has 3 aromatic carbocycles. The molecule has 0 aliphatic carbocycles. The third-order valence-corrected chi connectivity index (χ3v) is 5.90. The molecule has 6 nitrogen and oxygen atoms in total. The number of amides is 2. The Morgan fingerprint density at radius 3 is 2.55 bits per heavy atom. The summed E-state index contributed by atoms with van der Waals surface area (Å²) in [5, 5.41) is 3.97. The van der Waals surface area contributed by atoms with Crippen LogP contribution in [0.5, 0.6) is 5.75 Å². The number of likely N-dealkylation sites (N-methyl/N-ethyl adjacent to an activating group) is 1. The van der Waals surface area contributed by atoms with Crippen molar-refractivity contribution >= 4 is 40.0 Å². The van der Waals surface area contributed by atoms with Gasteiger partial charge in [-0.15, -0.1) is 0 Å². The second-order valence-electron chi connectivity index (χ2n) is 7.68. The number of hydrogen-bond donors (Lipinski definition) is 1. The third-order valence-electron chi connectivity index (χ3n) is 5.64. The highest BCUT2D eigenvalue weighted by atomic mass is 35.5. The number of pyridine rings is 1. The van der Waals surface area contributed by atoms with Crippen LogP contribution in [0.15, 0.2) is 78.9 Å². The van der Waals surface area contributed by atoms with E-state index in [1.165, 1.54) is 0 Å². The fourth-order valence-electron chi connectivity index (χ4n) is 3.99. The first-order valence-corrected chi connectivity index (χ1v) is 10.9. The molecule has 1 aliphatic heterocycles. The van der Waals surface area contributed by atoms with Gasteiger partial charge in [0.15, 0.2) is 6.10 Å². The van der Waals surface area contributed by atoms with E-state index in [-0.39, 0.29) is 18.4 Å². The number of rotatable bonds is 3. The molecule has 2 heterocycles. The zero-order valence-electron chi connectivity index (χ0n) is 17.8. The zero-order chi connectivity index (χ0) is 22.9. The topological polar surface area (TPSA) is 71.5 Å². The number of anilines is 1. The van der Waals surface area contributed by atoms with Crippen LogP contribution in [0.4, 0.5) is 5.69 Å². The summed E-state index contributed by atoms with van der Waals surface area (Å²) in [5.41, 5.74) is 3.34. The first kappa shape index (κ1) is 21.0. The molecule has 0 radical (unpaired) electrons. The summed E-state index contributed by atoms with van der Waals surface area (Å²) in [4.78, 5) is 32.7. The van der Waals surface area contributed by atoms with E-state index in [4.69, 9.17) is 21.3 Å². The Hall–Kier alpha value is -3.90. The summed E-state index contributed by atoms with van der Waals surface area (Å²) >= 11 is 6.05. The molecular weight excluding hydrogens is 438 g/mol. The Labute approximate surface area is 195 Å². The van der Waals surface area contributed by atoms with Crippen molar-refractivity contribution in [3.05, 3.63) is 89.4 Å². The average molecular weight is 458 g/mol. The molecule has 164 valence electrons. The van der Waals surface area contributed by atoms with E-state index < -0.39 is 6.10 Å². The molecule has 1 aliphatic rings. The van der Waals surface area contributed by atoms with Gasteiger partial charge in [0.2, 0.25) is 0 Å². The van der Waals surface area contributed by atoms with E-state index in [0.29, 0.717) is 33.2 Å². The monoisotopic (exact) mass is 457 g/mol. The number of carbonyl (C=O) groups is 2. The van der Waals surface area contributed by atoms with E-state index in [1.54, 1.807) is 36.2 Å². The van der Waals surface area contributed by atoms with Crippen LogP contribution in [0, 0.1) is 0 Å². The number of aromatic nitrogens is 1. The molecule has 7 heteroatoms. The van der Waals surface area contributed by atoms with E-state index in [2.05, 4.69) is 5.32 Å². The Morgan fingerprint density at radius 2 is 1.76 bits per heavy atom. The van der Waals surface area contributed by atoms with E-state index in [9.17, 15) is 9.59 Å². The largest absolute Gasteiger partial charge is 0.477 e. The first-order valence-electron chi connectivity index (χ1n) is 10.5. The molecule has 0 saturated carbocycles. The minimum atomic E-state index is -0.808. The molecule has 0 bridgehead atoms. The predicted octanol–water partition coefficient (Wildman–Crippen LogP) is 4.71. The standard InChI is InChI=1S/C26H20ClN3O3/c1-28-25(31)24-15-30(22-8-4-5-9-23(22)33-24)26(32)19-14-21(16-10-12-17(27)13-11-16)29-20-7-3-2-6-18(19)20/h2-14,24H,15H2,1H3,(H,28,31). The van der Waals surface area contributed by atoms with Gasteiger partial charge in [0.1, 0.15) is 5.75 Å². The van der Waals surface area contributed by atoms with E-state index >= 15 is 0 Å². The maximum Gasteiger partial charge on any atom is 0.262 e. The van der Waals surface area contributed by atoms with E-state index in [0.717, 1.165) is 10.9 Å². The fraction of sp³-hybridized carbons (Fsp3) is 0.115. The minimum absolute atomic E-state index is 0.0997. The van der Waals surface area contributed by atoms with Crippen LogP contribution in [-0.4, -0.2) is 36.5 Å². The lowest BCUT2D eigenvalue weighted by Crippen LogP contribution is -2.50. The van der Waals surface area contributed by atoms with Crippen LogP contribution in [0.3, 0.4) is 0 Å². The normalized spacial score (nSPS) is 15.0. The maximum atomic E-state index is 14.0. The van der Waals surface area contributed by atoms with Crippen molar-refractivity contribution < 1.29 is 14.3 Å². The molecule has 4 aromatic rings. The second kappa shape index (κ2) is 8.56. The number of fused-ring (bicyclic) bond motifs is 2. The minimum Gasteiger partial charge on any atom is -0.477 e. The molecule has 1 unspecified atom stereocenters. The van der Waals surface area contributed by atoms with Crippen molar-refractivity contribution in [2.75, 3.05) is 18.5 Å². The molecule has 2 amide bonds. The fourth-order valence-corrected chi connectivity index (χ4v) is 4.12. The van der Waals surface area contributed by atoms with Gasteiger partial charge in [-0.05, 0) is 36.4 Å². The molecule has 0 saturated heterocycles. The zero-order valence-corrected chi connectivity index (χ0v) is 18.5. The highest BCUT2D eigenvalue weighted by molar-refractivity contribution is 6.30. The summed E-state index contributed by atoms with van der Waals surface area (Å²) in [7, 11) is 1.55. The van der Waals surface area contributed by atoms with Gasteiger partial charge in [0.05, 0.1) is 29.0 Å². The molecule has 1 N–H and O–H groups in total. The molecule has 0 fully saturated rings. The number of halogens is 1. The summed E-state index contributed by atoms with van der Waals surface area (Å²) in [6.45, 7) is 0.0997.